The molecule has 0 bridgehead atoms. The van der Waals surface area contributed by atoms with Crippen molar-refractivity contribution in [2.45, 2.75) is 39.7 Å². The van der Waals surface area contributed by atoms with E-state index < -0.39 is 0 Å². The largest absolute Gasteiger partial charge is 0.348 e. The van der Waals surface area contributed by atoms with E-state index in [1.807, 2.05) is 43.6 Å². The molecule has 0 spiro atoms. The number of carbonyl (C=O) groups is 1. The topological polar surface area (TPSA) is 88.5 Å². The number of H-pyrrole nitrogens is 1. The van der Waals surface area contributed by atoms with Crippen LogP contribution in [0.4, 0.5) is 0 Å². The van der Waals surface area contributed by atoms with Crippen LogP contribution in [0.5, 0.6) is 0 Å². The highest BCUT2D eigenvalue weighted by Gasteiger charge is 2.15. The summed E-state index contributed by atoms with van der Waals surface area (Å²) in [6.45, 7) is 9.02. The van der Waals surface area contributed by atoms with Crippen molar-refractivity contribution in [3.05, 3.63) is 89.4 Å². The lowest BCUT2D eigenvalue weighted by Crippen LogP contribution is -2.23. The lowest BCUT2D eigenvalue weighted by Gasteiger charge is -2.19. The van der Waals surface area contributed by atoms with Gasteiger partial charge in [-0.25, -0.2) is 9.97 Å². The van der Waals surface area contributed by atoms with E-state index in [0.717, 1.165) is 39.2 Å². The standard InChI is InChI=1S/C29H30N6O/c1-18-14-20(24-12-13-30-27-25(24)33-26(34-27)22-16-32-35(5)17-22)6-7-21(18)15-31-28(36)19-8-10-23(11-9-19)29(2,3)4/h6-14,16-17H,15H2,1-5H3,(H,31,36)(H,30,33,34). The fraction of sp³-hybridized carbons (Fsp3) is 0.241. The maximum atomic E-state index is 12.7. The number of imidazole rings is 1. The number of carbonyl (C=O) groups excluding carboxylic acids is 1. The van der Waals surface area contributed by atoms with E-state index in [1.165, 1.54) is 5.56 Å². The third-order valence-corrected chi connectivity index (χ3v) is 6.48. The molecular formula is C29H30N6O. The van der Waals surface area contributed by atoms with Crippen molar-refractivity contribution in [3.63, 3.8) is 0 Å². The maximum absolute atomic E-state index is 12.7. The second-order valence-electron chi connectivity index (χ2n) is 10.2. The SMILES string of the molecule is Cc1cc(-c2ccnc3nc(-c4cnn(C)c4)[nH]c23)ccc1CNC(=O)c1ccc(C(C)(C)C)cc1. The molecule has 2 aromatic carbocycles. The fourth-order valence-electron chi connectivity index (χ4n) is 4.29. The van der Waals surface area contributed by atoms with Gasteiger partial charge in [0.15, 0.2) is 5.65 Å². The minimum atomic E-state index is -0.0739. The van der Waals surface area contributed by atoms with Gasteiger partial charge in [0.2, 0.25) is 0 Å². The summed E-state index contributed by atoms with van der Waals surface area (Å²) in [5, 5.41) is 7.29. The third-order valence-electron chi connectivity index (χ3n) is 6.48. The molecule has 0 saturated carbocycles. The Labute approximate surface area is 210 Å². The molecule has 3 aromatic heterocycles. The number of nitrogens with one attached hydrogen (secondary N) is 2. The predicted octanol–water partition coefficient (Wildman–Crippen LogP) is 5.56. The number of pyridine rings is 1. The highest BCUT2D eigenvalue weighted by Crippen LogP contribution is 2.30. The van der Waals surface area contributed by atoms with Gasteiger partial charge in [-0.1, -0.05) is 51.1 Å². The molecule has 0 atom stereocenters. The zero-order valence-electron chi connectivity index (χ0n) is 21.3. The van der Waals surface area contributed by atoms with Crippen molar-refractivity contribution < 1.29 is 4.79 Å². The highest BCUT2D eigenvalue weighted by atomic mass is 16.1. The van der Waals surface area contributed by atoms with Crippen molar-refractivity contribution >= 4 is 17.1 Å². The van der Waals surface area contributed by atoms with Gasteiger partial charge in [-0.2, -0.15) is 5.10 Å². The zero-order chi connectivity index (χ0) is 25.4. The van der Waals surface area contributed by atoms with Crippen molar-refractivity contribution in [2.24, 2.45) is 7.05 Å². The summed E-state index contributed by atoms with van der Waals surface area (Å²) in [5.41, 5.74) is 8.67. The average molecular weight is 479 g/mol. The van der Waals surface area contributed by atoms with E-state index in [2.05, 4.69) is 71.3 Å². The predicted molar refractivity (Wildman–Crippen MR) is 143 cm³/mol. The summed E-state index contributed by atoms with van der Waals surface area (Å²) in [5.74, 6) is 0.666. The second-order valence-corrected chi connectivity index (χ2v) is 10.2. The van der Waals surface area contributed by atoms with E-state index in [9.17, 15) is 4.79 Å². The Hall–Kier alpha value is -4.26. The Morgan fingerprint density at radius 1 is 1.06 bits per heavy atom. The molecule has 0 radical (unpaired) electrons. The molecule has 7 heteroatoms. The first-order chi connectivity index (χ1) is 17.2. The van der Waals surface area contributed by atoms with Crippen LogP contribution in [0.1, 0.15) is 47.8 Å². The number of aryl methyl sites for hydroxylation is 2. The van der Waals surface area contributed by atoms with Gasteiger partial charge in [-0.05, 0) is 52.8 Å². The summed E-state index contributed by atoms with van der Waals surface area (Å²) in [4.78, 5) is 25.2. The van der Waals surface area contributed by atoms with Gasteiger partial charge in [-0.15, -0.1) is 0 Å². The van der Waals surface area contributed by atoms with Gasteiger partial charge in [0.25, 0.3) is 5.91 Å². The van der Waals surface area contributed by atoms with Gasteiger partial charge in [-0.3, -0.25) is 9.48 Å². The van der Waals surface area contributed by atoms with Crippen molar-refractivity contribution in [3.8, 4) is 22.5 Å². The van der Waals surface area contributed by atoms with Crippen LogP contribution in [-0.2, 0) is 19.0 Å². The number of hydrogen-bond acceptors (Lipinski definition) is 4. The van der Waals surface area contributed by atoms with Crippen molar-refractivity contribution in [1.82, 2.24) is 30.0 Å². The Kier molecular flexibility index (Phi) is 5.92. The van der Waals surface area contributed by atoms with Crippen LogP contribution < -0.4 is 5.32 Å². The van der Waals surface area contributed by atoms with Crippen LogP contribution in [0.2, 0.25) is 0 Å². The minimum absolute atomic E-state index is 0.0603. The summed E-state index contributed by atoms with van der Waals surface area (Å²) in [6.07, 6.45) is 5.48. The van der Waals surface area contributed by atoms with E-state index >= 15 is 0 Å². The fourth-order valence-corrected chi connectivity index (χ4v) is 4.29. The van der Waals surface area contributed by atoms with Crippen LogP contribution in [0.15, 0.2) is 67.1 Å². The molecule has 0 aliphatic rings. The summed E-state index contributed by atoms with van der Waals surface area (Å²) in [7, 11) is 1.88. The first-order valence-corrected chi connectivity index (χ1v) is 12.0. The van der Waals surface area contributed by atoms with Crippen LogP contribution in [0.25, 0.3) is 33.7 Å². The number of amides is 1. The monoisotopic (exact) mass is 478 g/mol. The molecule has 5 aromatic rings. The van der Waals surface area contributed by atoms with Gasteiger partial charge in [0.05, 0.1) is 17.3 Å². The molecule has 0 aliphatic heterocycles. The molecule has 0 aliphatic carbocycles. The quantitative estimate of drug-likeness (QED) is 0.346. The second kappa shape index (κ2) is 9.07. The first-order valence-electron chi connectivity index (χ1n) is 12.0. The number of nitrogens with zero attached hydrogens (tertiary/aromatic N) is 4. The van der Waals surface area contributed by atoms with Gasteiger partial charge in [0.1, 0.15) is 5.82 Å². The Balaban J connectivity index is 1.34. The molecule has 7 nitrogen and oxygen atoms in total. The van der Waals surface area contributed by atoms with E-state index in [0.29, 0.717) is 17.8 Å². The van der Waals surface area contributed by atoms with Crippen molar-refractivity contribution in [1.29, 1.82) is 0 Å². The number of aromatic nitrogens is 5. The Morgan fingerprint density at radius 3 is 2.50 bits per heavy atom. The first kappa shape index (κ1) is 23.5. The highest BCUT2D eigenvalue weighted by molar-refractivity contribution is 5.94. The minimum Gasteiger partial charge on any atom is -0.348 e. The average Bonchev–Trinajstić information content (AvgIpc) is 3.48. The van der Waals surface area contributed by atoms with Crippen LogP contribution in [0.3, 0.4) is 0 Å². The Morgan fingerprint density at radius 2 is 1.83 bits per heavy atom. The number of aromatic amines is 1. The molecular weight excluding hydrogens is 448 g/mol. The molecule has 0 unspecified atom stereocenters. The maximum Gasteiger partial charge on any atom is 0.251 e. The van der Waals surface area contributed by atoms with E-state index in [1.54, 1.807) is 17.1 Å². The number of rotatable bonds is 5. The molecule has 182 valence electrons. The molecule has 5 rings (SSSR count). The Bertz CT molecular complexity index is 1550. The van der Waals surface area contributed by atoms with Gasteiger partial charge >= 0.3 is 0 Å². The zero-order valence-corrected chi connectivity index (χ0v) is 21.3. The summed E-state index contributed by atoms with van der Waals surface area (Å²) in [6, 6.07) is 16.1. The lowest BCUT2D eigenvalue weighted by atomic mass is 9.87. The summed E-state index contributed by atoms with van der Waals surface area (Å²) >= 11 is 0. The lowest BCUT2D eigenvalue weighted by molar-refractivity contribution is 0.0951. The van der Waals surface area contributed by atoms with Crippen LogP contribution in [-0.4, -0.2) is 30.6 Å². The number of fused-ring (bicyclic) bond motifs is 1. The molecule has 0 fully saturated rings. The smallest absolute Gasteiger partial charge is 0.251 e. The summed E-state index contributed by atoms with van der Waals surface area (Å²) < 4.78 is 1.75. The van der Waals surface area contributed by atoms with Crippen LogP contribution >= 0.6 is 0 Å². The van der Waals surface area contributed by atoms with Crippen molar-refractivity contribution in [2.75, 3.05) is 0 Å². The third kappa shape index (κ3) is 4.64. The molecule has 2 N–H and O–H groups in total. The molecule has 1 amide bonds. The number of hydrogen-bond donors (Lipinski definition) is 2. The normalized spacial score (nSPS) is 11.7. The van der Waals surface area contributed by atoms with E-state index in [-0.39, 0.29) is 11.3 Å². The van der Waals surface area contributed by atoms with E-state index in [4.69, 9.17) is 0 Å². The van der Waals surface area contributed by atoms with Crippen LogP contribution in [0, 0.1) is 6.92 Å². The molecule has 36 heavy (non-hydrogen) atoms. The molecule has 0 saturated heterocycles. The molecule has 3 heterocycles. The number of benzene rings is 2. The van der Waals surface area contributed by atoms with Gasteiger partial charge in [0, 0.05) is 37.1 Å². The van der Waals surface area contributed by atoms with Gasteiger partial charge < -0.3 is 10.3 Å².